The Balaban J connectivity index is 0.856. The van der Waals surface area contributed by atoms with E-state index in [-0.39, 0.29) is 0 Å². The van der Waals surface area contributed by atoms with E-state index in [0.29, 0.717) is 0 Å². The fraction of sp³-hybridized carbons (Fsp3) is 0.0137. The molecule has 0 unspecified atom stereocenters. The molecule has 350 valence electrons. The number of nitrogens with zero attached hydrogens (tertiary/aromatic N) is 2. The van der Waals surface area contributed by atoms with Gasteiger partial charge < -0.3 is 9.47 Å². The van der Waals surface area contributed by atoms with Gasteiger partial charge in [-0.05, 0) is 168 Å². The van der Waals surface area contributed by atoms with E-state index in [1.807, 2.05) is 0 Å². The van der Waals surface area contributed by atoms with Gasteiger partial charge in [0, 0.05) is 33.5 Å². The Morgan fingerprint density at radius 2 is 0.680 bits per heavy atom. The summed E-state index contributed by atoms with van der Waals surface area (Å²) in [5, 5.41) is 2.49. The summed E-state index contributed by atoms with van der Waals surface area (Å²) in [5.41, 5.74) is 26.6. The van der Waals surface area contributed by atoms with Crippen LogP contribution in [0.4, 0.5) is 17.1 Å². The van der Waals surface area contributed by atoms with Crippen molar-refractivity contribution in [1.82, 2.24) is 4.57 Å². The molecule has 1 spiro atoms. The van der Waals surface area contributed by atoms with Gasteiger partial charge in [0.2, 0.25) is 0 Å². The maximum atomic E-state index is 2.51. The second kappa shape index (κ2) is 17.2. The van der Waals surface area contributed by atoms with Crippen LogP contribution >= 0.6 is 0 Å². The molecule has 75 heavy (non-hydrogen) atoms. The highest BCUT2D eigenvalue weighted by Gasteiger charge is 2.52. The van der Waals surface area contributed by atoms with Crippen molar-refractivity contribution in [1.29, 1.82) is 0 Å². The van der Waals surface area contributed by atoms with Crippen molar-refractivity contribution >= 4 is 38.9 Å². The zero-order chi connectivity index (χ0) is 49.5. The normalized spacial score (nSPS) is 12.6. The lowest BCUT2D eigenvalue weighted by atomic mass is 9.70. The van der Waals surface area contributed by atoms with E-state index in [9.17, 15) is 0 Å². The number of rotatable bonds is 8. The van der Waals surface area contributed by atoms with Crippen LogP contribution in [0, 0.1) is 0 Å². The fourth-order valence-electron chi connectivity index (χ4n) is 12.7. The summed E-state index contributed by atoms with van der Waals surface area (Å²) < 4.78 is 2.37. The molecule has 13 aromatic rings. The fourth-order valence-corrected chi connectivity index (χ4v) is 12.7. The number of benzene rings is 12. The molecular formula is C73H48N2. The van der Waals surface area contributed by atoms with Gasteiger partial charge in [0.25, 0.3) is 0 Å². The van der Waals surface area contributed by atoms with Gasteiger partial charge in [-0.3, -0.25) is 0 Å². The second-order valence-corrected chi connectivity index (χ2v) is 20.0. The van der Waals surface area contributed by atoms with Crippen LogP contribution in [0.3, 0.4) is 0 Å². The van der Waals surface area contributed by atoms with Gasteiger partial charge in [-0.15, -0.1) is 0 Å². The van der Waals surface area contributed by atoms with Crippen molar-refractivity contribution in [2.75, 3.05) is 4.90 Å². The molecule has 0 radical (unpaired) electrons. The molecule has 0 N–H and O–H groups in total. The summed E-state index contributed by atoms with van der Waals surface area (Å²) in [5.74, 6) is 0. The van der Waals surface area contributed by atoms with E-state index in [2.05, 4.69) is 301 Å². The third-order valence-corrected chi connectivity index (χ3v) is 16.0. The highest BCUT2D eigenvalue weighted by atomic mass is 15.1. The van der Waals surface area contributed by atoms with Gasteiger partial charge in [-0.1, -0.05) is 212 Å². The monoisotopic (exact) mass is 952 g/mol. The second-order valence-electron chi connectivity index (χ2n) is 20.0. The zero-order valence-electron chi connectivity index (χ0n) is 41.1. The van der Waals surface area contributed by atoms with Crippen LogP contribution in [0.5, 0.6) is 0 Å². The molecule has 15 rings (SSSR count). The summed E-state index contributed by atoms with van der Waals surface area (Å²) in [6.07, 6.45) is 0. The first kappa shape index (κ1) is 42.9. The quantitative estimate of drug-likeness (QED) is 0.147. The predicted octanol–water partition coefficient (Wildman–Crippen LogP) is 19.3. The minimum absolute atomic E-state index is 0.458. The summed E-state index contributed by atoms with van der Waals surface area (Å²) in [6, 6.07) is 107. The van der Waals surface area contributed by atoms with E-state index in [4.69, 9.17) is 0 Å². The first-order valence-corrected chi connectivity index (χ1v) is 26.0. The Bertz CT molecular complexity index is 4260. The Morgan fingerprint density at radius 1 is 0.253 bits per heavy atom. The van der Waals surface area contributed by atoms with Gasteiger partial charge in [0.05, 0.1) is 16.4 Å². The van der Waals surface area contributed by atoms with Crippen LogP contribution in [-0.2, 0) is 5.41 Å². The number of hydrogen-bond donors (Lipinski definition) is 0. The molecule has 0 saturated carbocycles. The van der Waals surface area contributed by atoms with E-state index >= 15 is 0 Å². The lowest BCUT2D eigenvalue weighted by Crippen LogP contribution is -2.25. The zero-order valence-corrected chi connectivity index (χ0v) is 41.1. The third kappa shape index (κ3) is 6.66. The molecule has 1 heterocycles. The highest BCUT2D eigenvalue weighted by molar-refractivity contribution is 6.10. The third-order valence-electron chi connectivity index (χ3n) is 16.0. The molecule has 0 saturated heterocycles. The number of anilines is 3. The summed E-state index contributed by atoms with van der Waals surface area (Å²) in [6.45, 7) is 0. The minimum atomic E-state index is -0.458. The molecular weight excluding hydrogens is 905 g/mol. The molecule has 2 aliphatic carbocycles. The van der Waals surface area contributed by atoms with Crippen molar-refractivity contribution < 1.29 is 0 Å². The van der Waals surface area contributed by atoms with Crippen molar-refractivity contribution in [3.8, 4) is 72.4 Å². The summed E-state index contributed by atoms with van der Waals surface area (Å²) >= 11 is 0. The van der Waals surface area contributed by atoms with Gasteiger partial charge in [0.1, 0.15) is 0 Å². The number of para-hydroxylation sites is 2. The Hall–Kier alpha value is -9.76. The minimum Gasteiger partial charge on any atom is -0.311 e. The average molecular weight is 953 g/mol. The van der Waals surface area contributed by atoms with Crippen molar-refractivity contribution in [3.05, 3.63) is 313 Å². The highest BCUT2D eigenvalue weighted by Crippen LogP contribution is 2.64. The van der Waals surface area contributed by atoms with Crippen molar-refractivity contribution in [2.24, 2.45) is 0 Å². The molecule has 0 aliphatic heterocycles. The van der Waals surface area contributed by atoms with Crippen molar-refractivity contribution in [2.45, 2.75) is 5.41 Å². The first-order chi connectivity index (χ1) is 37.2. The predicted molar refractivity (Wildman–Crippen MR) is 314 cm³/mol. The van der Waals surface area contributed by atoms with Crippen LogP contribution < -0.4 is 4.90 Å². The van der Waals surface area contributed by atoms with Crippen LogP contribution in [0.25, 0.3) is 94.3 Å². The average Bonchev–Trinajstić information content (AvgIpc) is 4.22. The molecule has 12 aromatic carbocycles. The van der Waals surface area contributed by atoms with Crippen molar-refractivity contribution in [3.63, 3.8) is 0 Å². The van der Waals surface area contributed by atoms with Gasteiger partial charge in [0.15, 0.2) is 0 Å². The Morgan fingerprint density at radius 3 is 1.28 bits per heavy atom. The molecule has 1 aromatic heterocycles. The van der Waals surface area contributed by atoms with Gasteiger partial charge in [-0.25, -0.2) is 0 Å². The molecule has 0 fully saturated rings. The molecule has 0 atom stereocenters. The Labute approximate surface area is 437 Å². The molecule has 0 bridgehead atoms. The van der Waals surface area contributed by atoms with E-state index < -0.39 is 5.41 Å². The first-order valence-electron chi connectivity index (χ1n) is 26.0. The SMILES string of the molecule is c1ccc(-c2ccc(N(c3ccc(-c4cc(-c5ccccc5)c5c(c4)C4(c6ccccc6-c6ccccc64)c4ccccc4-5)cc3)c3ccc(-c4ccc5c(c4)c4ccccc4n5-c4ccccc4)cc3)cc2)cc1. The molecule has 2 heteroatoms. The number of fused-ring (bicyclic) bond motifs is 13. The maximum Gasteiger partial charge on any atom is 0.0725 e. The summed E-state index contributed by atoms with van der Waals surface area (Å²) in [4.78, 5) is 2.38. The van der Waals surface area contributed by atoms with E-state index in [1.54, 1.807) is 0 Å². The summed E-state index contributed by atoms with van der Waals surface area (Å²) in [7, 11) is 0. The van der Waals surface area contributed by atoms with Crippen LogP contribution in [0.15, 0.2) is 291 Å². The smallest absolute Gasteiger partial charge is 0.0725 e. The topological polar surface area (TPSA) is 8.17 Å². The van der Waals surface area contributed by atoms with Gasteiger partial charge >= 0.3 is 0 Å². The number of aromatic nitrogens is 1. The van der Waals surface area contributed by atoms with E-state index in [0.717, 1.165) is 22.7 Å². The Kier molecular flexibility index (Phi) is 9.83. The van der Waals surface area contributed by atoms with Crippen LogP contribution in [0.1, 0.15) is 22.3 Å². The standard InChI is InChI=1S/C73H48N2/c1-4-18-49(19-5-1)50-32-39-57(40-33-50)74(58-41-34-51(35-42-58)54-38-45-71-65(46-54)62-26-13-17-31-70(62)75(71)56-22-8-3-9-23-56)59-43-36-52(37-44-59)55-47-64(53-20-6-2-7-21-53)72-63-27-12-16-30-68(63)73(69(72)48-55)66-28-14-10-24-60(66)61-25-11-15-29-67(61)73/h1-48H. The number of hydrogen-bond acceptors (Lipinski definition) is 1. The molecule has 0 amide bonds. The molecule has 2 nitrogen and oxygen atoms in total. The largest absolute Gasteiger partial charge is 0.311 e. The van der Waals surface area contributed by atoms with Gasteiger partial charge in [-0.2, -0.15) is 0 Å². The van der Waals surface area contributed by atoms with Crippen LogP contribution in [0.2, 0.25) is 0 Å². The lowest BCUT2D eigenvalue weighted by molar-refractivity contribution is 0.794. The lowest BCUT2D eigenvalue weighted by Gasteiger charge is -2.31. The molecule has 2 aliphatic rings. The van der Waals surface area contributed by atoms with E-state index in [1.165, 1.54) is 111 Å². The maximum absolute atomic E-state index is 2.51. The van der Waals surface area contributed by atoms with Crippen LogP contribution in [-0.4, -0.2) is 4.57 Å².